The number of amides is 3. The number of carbonyl (C=O) groups excluding carboxylic acids is 3. The van der Waals surface area contributed by atoms with Crippen molar-refractivity contribution in [3.8, 4) is 0 Å². The number of likely N-dealkylation sites (tertiary alicyclic amines) is 1. The Morgan fingerprint density at radius 1 is 0.966 bits per heavy atom. The molecule has 152 valence electrons. The van der Waals surface area contributed by atoms with Crippen molar-refractivity contribution in [2.24, 2.45) is 5.92 Å². The van der Waals surface area contributed by atoms with Crippen molar-refractivity contribution in [1.29, 1.82) is 0 Å². The van der Waals surface area contributed by atoms with Crippen molar-refractivity contribution in [3.05, 3.63) is 65.7 Å². The first-order valence-electron chi connectivity index (χ1n) is 9.32. The van der Waals surface area contributed by atoms with Gasteiger partial charge in [0.15, 0.2) is 0 Å². The van der Waals surface area contributed by atoms with Crippen LogP contribution in [0.15, 0.2) is 48.5 Å². The molecule has 2 aromatic rings. The molecule has 2 N–H and O–H groups in total. The zero-order valence-corrected chi connectivity index (χ0v) is 15.7. The average molecular weight is 401 g/mol. The van der Waals surface area contributed by atoms with Gasteiger partial charge in [-0.3, -0.25) is 14.4 Å². The Labute approximate surface area is 166 Å². The van der Waals surface area contributed by atoms with Crippen LogP contribution in [-0.2, 0) is 9.59 Å². The SMILES string of the molecule is O=C(NCC1CCN(C(=O)c2ccccc2F)CC1)C(=O)Nc1cccc(F)c1. The van der Waals surface area contributed by atoms with Crippen molar-refractivity contribution < 1.29 is 23.2 Å². The van der Waals surface area contributed by atoms with Crippen molar-refractivity contribution in [2.75, 3.05) is 25.0 Å². The van der Waals surface area contributed by atoms with E-state index in [1.807, 2.05) is 0 Å². The summed E-state index contributed by atoms with van der Waals surface area (Å²) in [5.74, 6) is -2.98. The molecule has 6 nitrogen and oxygen atoms in total. The van der Waals surface area contributed by atoms with Crippen LogP contribution in [0.25, 0.3) is 0 Å². The van der Waals surface area contributed by atoms with E-state index in [9.17, 15) is 23.2 Å². The number of anilines is 1. The minimum atomic E-state index is -0.872. The molecule has 1 aliphatic heterocycles. The van der Waals surface area contributed by atoms with Gasteiger partial charge in [0.1, 0.15) is 11.6 Å². The molecule has 0 aliphatic carbocycles. The van der Waals surface area contributed by atoms with Crippen LogP contribution in [0.4, 0.5) is 14.5 Å². The molecule has 3 amide bonds. The second-order valence-electron chi connectivity index (χ2n) is 6.89. The summed E-state index contributed by atoms with van der Waals surface area (Å²) < 4.78 is 26.9. The van der Waals surface area contributed by atoms with E-state index >= 15 is 0 Å². The number of hydrogen-bond donors (Lipinski definition) is 2. The smallest absolute Gasteiger partial charge is 0.313 e. The molecule has 0 aromatic heterocycles. The Bertz CT molecular complexity index is 912. The van der Waals surface area contributed by atoms with Gasteiger partial charge in [0.2, 0.25) is 0 Å². The molecule has 8 heteroatoms. The molecule has 0 atom stereocenters. The fraction of sp³-hybridized carbons (Fsp3) is 0.286. The number of piperidine rings is 1. The van der Waals surface area contributed by atoms with Crippen LogP contribution in [0.3, 0.4) is 0 Å². The van der Waals surface area contributed by atoms with Crippen LogP contribution in [0, 0.1) is 17.6 Å². The minimum Gasteiger partial charge on any atom is -0.348 e. The van der Waals surface area contributed by atoms with Crippen LogP contribution < -0.4 is 10.6 Å². The number of nitrogens with one attached hydrogen (secondary N) is 2. The minimum absolute atomic E-state index is 0.0493. The molecule has 1 heterocycles. The van der Waals surface area contributed by atoms with Crippen molar-refractivity contribution >= 4 is 23.4 Å². The normalized spacial score (nSPS) is 14.3. The third-order valence-electron chi connectivity index (χ3n) is 4.85. The molecule has 1 aliphatic rings. The van der Waals surface area contributed by atoms with Crippen molar-refractivity contribution in [1.82, 2.24) is 10.2 Å². The molecule has 0 unspecified atom stereocenters. The second kappa shape index (κ2) is 9.27. The predicted octanol–water partition coefficient (Wildman–Crippen LogP) is 2.57. The first-order valence-corrected chi connectivity index (χ1v) is 9.32. The van der Waals surface area contributed by atoms with E-state index in [-0.39, 0.29) is 29.6 Å². The van der Waals surface area contributed by atoms with Gasteiger partial charge in [0, 0.05) is 25.3 Å². The van der Waals surface area contributed by atoms with E-state index in [0.29, 0.717) is 25.9 Å². The lowest BCUT2D eigenvalue weighted by molar-refractivity contribution is -0.136. The van der Waals surface area contributed by atoms with Crippen LogP contribution in [-0.4, -0.2) is 42.3 Å². The van der Waals surface area contributed by atoms with E-state index in [0.717, 1.165) is 6.07 Å². The highest BCUT2D eigenvalue weighted by Gasteiger charge is 2.26. The number of hydrogen-bond acceptors (Lipinski definition) is 3. The lowest BCUT2D eigenvalue weighted by atomic mass is 9.96. The summed E-state index contributed by atoms with van der Waals surface area (Å²) >= 11 is 0. The van der Waals surface area contributed by atoms with Crippen LogP contribution in [0.1, 0.15) is 23.2 Å². The maximum absolute atomic E-state index is 13.8. The van der Waals surface area contributed by atoms with Gasteiger partial charge in [-0.2, -0.15) is 0 Å². The maximum atomic E-state index is 13.8. The van der Waals surface area contributed by atoms with E-state index in [1.54, 1.807) is 11.0 Å². The van der Waals surface area contributed by atoms with Gasteiger partial charge in [-0.15, -0.1) is 0 Å². The quantitative estimate of drug-likeness (QED) is 0.773. The van der Waals surface area contributed by atoms with Gasteiger partial charge in [-0.05, 0) is 49.1 Å². The Morgan fingerprint density at radius 3 is 2.38 bits per heavy atom. The Morgan fingerprint density at radius 2 is 1.69 bits per heavy atom. The number of benzene rings is 2. The molecule has 29 heavy (non-hydrogen) atoms. The summed E-state index contributed by atoms with van der Waals surface area (Å²) in [6.45, 7) is 1.18. The van der Waals surface area contributed by atoms with Crippen LogP contribution >= 0.6 is 0 Å². The van der Waals surface area contributed by atoms with Gasteiger partial charge < -0.3 is 15.5 Å². The molecule has 0 radical (unpaired) electrons. The van der Waals surface area contributed by atoms with Crippen LogP contribution in [0.2, 0.25) is 0 Å². The Balaban J connectivity index is 1.43. The van der Waals surface area contributed by atoms with E-state index in [4.69, 9.17) is 0 Å². The topological polar surface area (TPSA) is 78.5 Å². The van der Waals surface area contributed by atoms with E-state index in [1.165, 1.54) is 36.4 Å². The molecular formula is C21H21F2N3O3. The lowest BCUT2D eigenvalue weighted by Gasteiger charge is -2.32. The number of carbonyl (C=O) groups is 3. The predicted molar refractivity (Wildman–Crippen MR) is 103 cm³/mol. The summed E-state index contributed by atoms with van der Waals surface area (Å²) in [4.78, 5) is 37.8. The molecule has 0 bridgehead atoms. The number of nitrogens with zero attached hydrogens (tertiary/aromatic N) is 1. The molecule has 1 fully saturated rings. The van der Waals surface area contributed by atoms with Gasteiger partial charge in [-0.1, -0.05) is 18.2 Å². The van der Waals surface area contributed by atoms with Gasteiger partial charge in [0.25, 0.3) is 5.91 Å². The van der Waals surface area contributed by atoms with Gasteiger partial charge >= 0.3 is 11.8 Å². The second-order valence-corrected chi connectivity index (χ2v) is 6.89. The molecule has 2 aromatic carbocycles. The van der Waals surface area contributed by atoms with Crippen LogP contribution in [0.5, 0.6) is 0 Å². The number of halogens is 2. The summed E-state index contributed by atoms with van der Waals surface area (Å²) in [5.41, 5.74) is 0.249. The van der Waals surface area contributed by atoms with Crippen molar-refractivity contribution in [3.63, 3.8) is 0 Å². The molecular weight excluding hydrogens is 380 g/mol. The standard InChI is InChI=1S/C21H21F2N3O3/c22-15-4-3-5-16(12-15)25-20(28)19(27)24-13-14-8-10-26(11-9-14)21(29)17-6-1-2-7-18(17)23/h1-7,12,14H,8-11,13H2,(H,24,27)(H,25,28). The molecule has 0 spiro atoms. The van der Waals surface area contributed by atoms with E-state index in [2.05, 4.69) is 10.6 Å². The Hall–Kier alpha value is -3.29. The lowest BCUT2D eigenvalue weighted by Crippen LogP contribution is -2.43. The van der Waals surface area contributed by atoms with Crippen molar-refractivity contribution in [2.45, 2.75) is 12.8 Å². The molecule has 3 rings (SSSR count). The Kier molecular flexibility index (Phi) is 6.54. The van der Waals surface area contributed by atoms with Gasteiger partial charge in [0.05, 0.1) is 5.56 Å². The zero-order chi connectivity index (χ0) is 20.8. The largest absolute Gasteiger partial charge is 0.348 e. The fourth-order valence-electron chi connectivity index (χ4n) is 3.22. The molecule has 0 saturated carbocycles. The monoisotopic (exact) mass is 401 g/mol. The summed E-state index contributed by atoms with van der Waals surface area (Å²) in [7, 11) is 0. The first kappa shape index (κ1) is 20.4. The maximum Gasteiger partial charge on any atom is 0.313 e. The molecule has 1 saturated heterocycles. The summed E-state index contributed by atoms with van der Waals surface area (Å²) in [6, 6.07) is 11.1. The summed E-state index contributed by atoms with van der Waals surface area (Å²) in [5, 5.41) is 4.90. The summed E-state index contributed by atoms with van der Waals surface area (Å²) in [6.07, 6.45) is 1.26. The highest BCUT2D eigenvalue weighted by Crippen LogP contribution is 2.19. The highest BCUT2D eigenvalue weighted by atomic mass is 19.1. The van der Waals surface area contributed by atoms with Gasteiger partial charge in [-0.25, -0.2) is 8.78 Å². The number of rotatable bonds is 4. The zero-order valence-electron chi connectivity index (χ0n) is 15.7. The third-order valence-corrected chi connectivity index (χ3v) is 4.85. The third kappa shape index (κ3) is 5.37. The average Bonchev–Trinajstić information content (AvgIpc) is 2.72. The van der Waals surface area contributed by atoms with E-state index < -0.39 is 23.4 Å². The first-order chi connectivity index (χ1) is 13.9. The fourth-order valence-corrected chi connectivity index (χ4v) is 3.22. The highest BCUT2D eigenvalue weighted by molar-refractivity contribution is 6.39.